The normalized spacial score (nSPS) is 12.5. The molecular formula is C42H38F2IrN2SSi-2. The zero-order valence-corrected chi connectivity index (χ0v) is 32.5. The number of thiophene rings is 1. The van der Waals surface area contributed by atoms with Crippen molar-refractivity contribution >= 4 is 44.8 Å². The van der Waals surface area contributed by atoms with Gasteiger partial charge in [0, 0.05) is 45.8 Å². The summed E-state index contributed by atoms with van der Waals surface area (Å²) in [5.41, 5.74) is 5.35. The van der Waals surface area contributed by atoms with Crippen molar-refractivity contribution in [2.45, 2.75) is 46.8 Å². The predicted molar refractivity (Wildman–Crippen MR) is 201 cm³/mol. The average Bonchev–Trinajstić information content (AvgIpc) is 3.47. The van der Waals surface area contributed by atoms with Crippen LogP contribution in [0.15, 0.2) is 109 Å². The topological polar surface area (TPSA) is 25.8 Å². The van der Waals surface area contributed by atoms with Gasteiger partial charge in [-0.3, -0.25) is 4.39 Å². The Morgan fingerprint density at radius 1 is 0.776 bits per heavy atom. The summed E-state index contributed by atoms with van der Waals surface area (Å²) in [6, 6.07) is 35.2. The first-order valence-electron chi connectivity index (χ1n) is 16.9. The van der Waals surface area contributed by atoms with Crippen molar-refractivity contribution in [2.24, 2.45) is 5.41 Å². The third kappa shape index (κ3) is 8.84. The second-order valence-corrected chi connectivity index (χ2v) is 20.0. The van der Waals surface area contributed by atoms with Crippen molar-refractivity contribution in [1.29, 1.82) is 0 Å². The predicted octanol–water partition coefficient (Wildman–Crippen LogP) is 11.5. The van der Waals surface area contributed by atoms with E-state index in [-0.39, 0.29) is 31.7 Å². The fourth-order valence-electron chi connectivity index (χ4n) is 5.39. The minimum atomic E-state index is -1.50. The molecule has 0 aliphatic rings. The summed E-state index contributed by atoms with van der Waals surface area (Å²) in [6.07, 6.45) is 2.11. The second kappa shape index (κ2) is 14.9. The van der Waals surface area contributed by atoms with Crippen LogP contribution in [0.1, 0.15) is 29.1 Å². The number of rotatable bonds is 5. The van der Waals surface area contributed by atoms with Crippen LogP contribution in [0.5, 0.6) is 0 Å². The summed E-state index contributed by atoms with van der Waals surface area (Å²) in [6.45, 7) is 12.6. The molecule has 7 heteroatoms. The Morgan fingerprint density at radius 3 is 2.16 bits per heavy atom. The molecule has 0 saturated carbocycles. The van der Waals surface area contributed by atoms with Gasteiger partial charge in [0.2, 0.25) is 0 Å². The Labute approximate surface area is 309 Å². The summed E-state index contributed by atoms with van der Waals surface area (Å²) in [5, 5.41) is 3.60. The van der Waals surface area contributed by atoms with Crippen molar-refractivity contribution in [3.63, 3.8) is 0 Å². The molecule has 0 aliphatic heterocycles. The summed E-state index contributed by atoms with van der Waals surface area (Å²) < 4.78 is 45.6. The molecule has 3 aromatic heterocycles. The molecule has 1 radical (unpaired) electrons. The fourth-order valence-corrected chi connectivity index (χ4v) is 7.68. The molecular weight excluding hydrogens is 823 g/mol. The Bertz CT molecular complexity index is 2280. The number of benzene rings is 4. The first-order chi connectivity index (χ1) is 23.6. The van der Waals surface area contributed by atoms with E-state index in [1.807, 2.05) is 45.2 Å². The van der Waals surface area contributed by atoms with E-state index in [4.69, 9.17) is 2.74 Å². The fraction of sp³-hybridized carbons (Fsp3) is 0.190. The molecule has 7 aromatic rings. The summed E-state index contributed by atoms with van der Waals surface area (Å²) in [7, 11) is -1.30. The van der Waals surface area contributed by atoms with Gasteiger partial charge in [-0.25, -0.2) is 4.39 Å². The molecule has 7 rings (SSSR count). The number of hydrogen-bond acceptors (Lipinski definition) is 3. The van der Waals surface area contributed by atoms with Gasteiger partial charge in [-0.05, 0) is 73.8 Å². The van der Waals surface area contributed by atoms with Crippen LogP contribution in [0.2, 0.25) is 19.6 Å². The van der Waals surface area contributed by atoms with Crippen LogP contribution in [-0.4, -0.2) is 18.0 Å². The zero-order valence-electron chi connectivity index (χ0n) is 30.3. The van der Waals surface area contributed by atoms with Crippen LogP contribution in [0.3, 0.4) is 0 Å². The number of nitrogens with zero attached hydrogens (tertiary/aromatic N) is 2. The monoisotopic (exact) mass is 863 g/mol. The molecule has 0 amide bonds. The number of fused-ring (bicyclic) bond motifs is 3. The van der Waals surface area contributed by atoms with Gasteiger partial charge in [-0.1, -0.05) is 93.8 Å². The van der Waals surface area contributed by atoms with E-state index in [2.05, 4.69) is 72.1 Å². The van der Waals surface area contributed by atoms with Crippen LogP contribution in [-0.2, 0) is 26.5 Å². The van der Waals surface area contributed by atoms with Gasteiger partial charge in [0.05, 0.1) is 8.07 Å². The molecule has 0 atom stereocenters. The van der Waals surface area contributed by atoms with Gasteiger partial charge >= 0.3 is 0 Å². The number of aromatic nitrogens is 2. The van der Waals surface area contributed by atoms with E-state index in [1.54, 1.807) is 41.8 Å². The molecule has 3 heterocycles. The van der Waals surface area contributed by atoms with E-state index in [0.29, 0.717) is 5.56 Å². The summed E-state index contributed by atoms with van der Waals surface area (Å²) >= 11 is 1.67. The maximum atomic E-state index is 13.3. The van der Waals surface area contributed by atoms with E-state index < -0.39 is 19.9 Å². The molecule has 0 spiro atoms. The third-order valence-corrected chi connectivity index (χ3v) is 11.0. The molecule has 0 fully saturated rings. The quantitative estimate of drug-likeness (QED) is 0.127. The first kappa shape index (κ1) is 33.6. The van der Waals surface area contributed by atoms with Crippen molar-refractivity contribution in [3.05, 3.63) is 139 Å². The van der Waals surface area contributed by atoms with Crippen molar-refractivity contribution in [1.82, 2.24) is 9.97 Å². The number of pyridine rings is 2. The molecule has 0 unspecified atom stereocenters. The summed E-state index contributed by atoms with van der Waals surface area (Å²) in [5.74, 6) is -0.514. The molecule has 0 aliphatic carbocycles. The van der Waals surface area contributed by atoms with Gasteiger partial charge in [-0.15, -0.1) is 53.6 Å². The summed E-state index contributed by atoms with van der Waals surface area (Å²) in [4.78, 5) is 9.00. The zero-order chi connectivity index (χ0) is 35.8. The Balaban J connectivity index is 0.000000237. The smallest absolute Gasteiger partial charge is 0.123 e. The van der Waals surface area contributed by atoms with Gasteiger partial charge in [0.15, 0.2) is 0 Å². The van der Waals surface area contributed by atoms with Crippen molar-refractivity contribution < 1.29 is 31.6 Å². The van der Waals surface area contributed by atoms with Gasteiger partial charge in [-0.2, -0.15) is 11.3 Å². The van der Waals surface area contributed by atoms with Crippen LogP contribution < -0.4 is 5.19 Å². The van der Waals surface area contributed by atoms with Gasteiger partial charge < -0.3 is 9.97 Å². The number of halogens is 2. The van der Waals surface area contributed by atoms with Crippen molar-refractivity contribution in [2.75, 3.05) is 0 Å². The van der Waals surface area contributed by atoms with E-state index >= 15 is 0 Å². The molecule has 0 N–H and O–H groups in total. The SMILES string of the molecule is C[Si](C)(C)c1ccc(-c2[c-]cc(F)cc2)nc1.[2H]C([2H])(c1ccnc(-c2[c-]ccc3c2sc2cc(-c4ccc(F)cc4)ccc23)c1)C(C)(C)C.[Ir]. The molecule has 49 heavy (non-hydrogen) atoms. The molecule has 2 nitrogen and oxygen atoms in total. The number of hydrogen-bond donors (Lipinski definition) is 0. The van der Waals surface area contributed by atoms with Gasteiger partial charge in [0.1, 0.15) is 5.82 Å². The molecule has 251 valence electrons. The van der Waals surface area contributed by atoms with E-state index in [1.165, 1.54) is 29.5 Å². The third-order valence-electron chi connectivity index (χ3n) is 7.83. The van der Waals surface area contributed by atoms with Crippen LogP contribution in [0.25, 0.3) is 53.8 Å². The van der Waals surface area contributed by atoms with Crippen LogP contribution in [0.4, 0.5) is 8.78 Å². The maximum absolute atomic E-state index is 13.3. The molecule has 0 bridgehead atoms. The standard InChI is InChI=1S/C28H23FNS.C14H15FNSi.Ir/c1-28(2,3)17-18-13-14-30-25(15-18)24-6-4-5-23-22-12-9-20(16-26(22)31-27(23)24)19-7-10-21(29)11-8-19;1-17(2,3)13-8-9-14(16-10-13)11-4-6-12(15)7-5-11;/h4-5,7-16H,17H2,1-3H3;4,6-10H,1-3H3;/q2*-1;/i17D2;;. The Hall–Kier alpha value is -3.87. The minimum absolute atomic E-state index is 0. The average molecular weight is 863 g/mol. The first-order valence-corrected chi connectivity index (χ1v) is 20.2. The molecule has 4 aromatic carbocycles. The molecule has 0 saturated heterocycles. The Kier molecular flexibility index (Phi) is 10.2. The van der Waals surface area contributed by atoms with Gasteiger partial charge in [0.25, 0.3) is 0 Å². The Morgan fingerprint density at radius 2 is 1.51 bits per heavy atom. The van der Waals surface area contributed by atoms with Crippen molar-refractivity contribution in [3.8, 4) is 33.6 Å². The second-order valence-electron chi connectivity index (χ2n) is 13.8. The minimum Gasteiger partial charge on any atom is -0.305 e. The van der Waals surface area contributed by atoms with Crippen LogP contribution >= 0.6 is 11.3 Å². The van der Waals surface area contributed by atoms with E-state index in [9.17, 15) is 8.78 Å². The maximum Gasteiger partial charge on any atom is 0.123 e. The van der Waals surface area contributed by atoms with E-state index in [0.717, 1.165) is 53.8 Å². The van der Waals surface area contributed by atoms with Crippen LogP contribution in [0, 0.1) is 29.2 Å². The largest absolute Gasteiger partial charge is 0.305 e.